The number of rotatable bonds is 12. The Labute approximate surface area is 232 Å². The Hall–Kier alpha value is -4.92. The molecule has 2 aliphatic rings. The second-order valence-electron chi connectivity index (χ2n) is 9.61. The number of carbonyl (C=O) groups excluding carboxylic acids is 2. The van der Waals surface area contributed by atoms with Gasteiger partial charge in [0.05, 0.1) is 30.7 Å². The standard InChI is InChI=1S/C26H27FN8O6/c27-20-9-16(35-14-18(40-26(35)39)13-34-8-7-31-33-34)2-3-19(20)15-1-4-21(29-11-15)23-10-17(41-32-23)12-30-22(25(37)38)5-6-24(28)36/h1-4,7-9,11,17-18,22,30H,5-6,10,12-14H2,(H2,28,36)(H,37,38)/t17-,18?,22-/m0/s1. The van der Waals surface area contributed by atoms with Crippen LogP contribution in [-0.2, 0) is 25.7 Å². The lowest BCUT2D eigenvalue weighted by Crippen LogP contribution is -2.41. The van der Waals surface area contributed by atoms with Gasteiger partial charge in [0.1, 0.15) is 29.8 Å². The number of benzene rings is 1. The molecule has 0 aliphatic carbocycles. The normalized spacial score (nSPS) is 19.0. The number of hydrogen-bond donors (Lipinski definition) is 3. The van der Waals surface area contributed by atoms with Crippen molar-refractivity contribution >= 4 is 29.4 Å². The molecule has 3 atom stereocenters. The first-order valence-corrected chi connectivity index (χ1v) is 12.8. The second-order valence-corrected chi connectivity index (χ2v) is 9.61. The third-order valence-corrected chi connectivity index (χ3v) is 6.67. The maximum absolute atomic E-state index is 15.1. The van der Waals surface area contributed by atoms with Crippen LogP contribution >= 0.6 is 0 Å². The largest absolute Gasteiger partial charge is 0.480 e. The number of amides is 2. The van der Waals surface area contributed by atoms with Crippen molar-refractivity contribution in [2.75, 3.05) is 18.0 Å². The first kappa shape index (κ1) is 27.6. The lowest BCUT2D eigenvalue weighted by atomic mass is 10.0. The Morgan fingerprint density at radius 2 is 2.10 bits per heavy atom. The van der Waals surface area contributed by atoms with Gasteiger partial charge in [0.2, 0.25) is 5.91 Å². The molecule has 0 bridgehead atoms. The zero-order chi connectivity index (χ0) is 28.9. The monoisotopic (exact) mass is 566 g/mol. The van der Waals surface area contributed by atoms with Crippen LogP contribution in [0.1, 0.15) is 25.0 Å². The van der Waals surface area contributed by atoms with Gasteiger partial charge in [-0.2, -0.15) is 0 Å². The molecule has 0 radical (unpaired) electrons. The average Bonchev–Trinajstić information content (AvgIpc) is 3.71. The Morgan fingerprint density at radius 1 is 1.24 bits per heavy atom. The molecule has 0 saturated carbocycles. The number of hydrogen-bond acceptors (Lipinski definition) is 10. The Balaban J connectivity index is 1.17. The number of aliphatic carboxylic acids is 1. The van der Waals surface area contributed by atoms with E-state index in [4.69, 9.17) is 15.3 Å². The lowest BCUT2D eigenvalue weighted by molar-refractivity contribution is -0.139. The molecule has 5 rings (SSSR count). The molecule has 3 aromatic rings. The van der Waals surface area contributed by atoms with Crippen molar-refractivity contribution in [3.63, 3.8) is 0 Å². The number of primary amides is 1. The van der Waals surface area contributed by atoms with E-state index < -0.39 is 42.0 Å². The fourth-order valence-corrected chi connectivity index (χ4v) is 4.56. The Morgan fingerprint density at radius 3 is 2.78 bits per heavy atom. The highest BCUT2D eigenvalue weighted by Crippen LogP contribution is 2.29. The summed E-state index contributed by atoms with van der Waals surface area (Å²) in [4.78, 5) is 45.9. The molecule has 2 aliphatic heterocycles. The van der Waals surface area contributed by atoms with Crippen molar-refractivity contribution in [2.24, 2.45) is 10.9 Å². The molecule has 1 aromatic carbocycles. The maximum Gasteiger partial charge on any atom is 0.414 e. The van der Waals surface area contributed by atoms with Crippen LogP contribution in [0.4, 0.5) is 14.9 Å². The number of oxime groups is 1. The summed E-state index contributed by atoms with van der Waals surface area (Å²) in [5.41, 5.74) is 7.42. The summed E-state index contributed by atoms with van der Waals surface area (Å²) in [7, 11) is 0. The van der Waals surface area contributed by atoms with Gasteiger partial charge in [-0.3, -0.25) is 19.5 Å². The van der Waals surface area contributed by atoms with E-state index >= 15 is 4.39 Å². The van der Waals surface area contributed by atoms with Gasteiger partial charge >= 0.3 is 12.1 Å². The third-order valence-electron chi connectivity index (χ3n) is 6.67. The zero-order valence-electron chi connectivity index (χ0n) is 21.7. The van der Waals surface area contributed by atoms with Crippen molar-refractivity contribution in [1.82, 2.24) is 25.3 Å². The lowest BCUT2D eigenvalue weighted by Gasteiger charge is -2.16. The van der Waals surface area contributed by atoms with Crippen molar-refractivity contribution in [2.45, 2.75) is 44.1 Å². The van der Waals surface area contributed by atoms with Crippen LogP contribution in [0.5, 0.6) is 0 Å². The van der Waals surface area contributed by atoms with Crippen molar-refractivity contribution < 1.29 is 33.5 Å². The van der Waals surface area contributed by atoms with Gasteiger partial charge < -0.3 is 25.7 Å². The molecular weight excluding hydrogens is 539 g/mol. The molecule has 4 heterocycles. The first-order valence-electron chi connectivity index (χ1n) is 12.8. The number of pyridine rings is 1. The highest BCUT2D eigenvalue weighted by Gasteiger charge is 2.33. The van der Waals surface area contributed by atoms with E-state index in [0.717, 1.165) is 0 Å². The minimum absolute atomic E-state index is 0.0486. The summed E-state index contributed by atoms with van der Waals surface area (Å²) >= 11 is 0. The fraction of sp³-hybridized carbons (Fsp3) is 0.346. The number of nitrogens with zero attached hydrogens (tertiary/aromatic N) is 6. The smallest absolute Gasteiger partial charge is 0.414 e. The molecule has 14 nitrogen and oxygen atoms in total. The molecule has 1 fully saturated rings. The summed E-state index contributed by atoms with van der Waals surface area (Å²) in [5.74, 6) is -2.19. The summed E-state index contributed by atoms with van der Waals surface area (Å²) in [5, 5.41) is 23.8. The molecule has 4 N–H and O–H groups in total. The minimum Gasteiger partial charge on any atom is -0.480 e. The topological polar surface area (TPSA) is 187 Å². The number of aromatic nitrogens is 4. The van der Waals surface area contributed by atoms with Crippen molar-refractivity contribution in [3.8, 4) is 11.1 Å². The maximum atomic E-state index is 15.1. The molecule has 15 heteroatoms. The van der Waals surface area contributed by atoms with Crippen molar-refractivity contribution in [3.05, 3.63) is 60.4 Å². The Bertz CT molecular complexity index is 1450. The fourth-order valence-electron chi connectivity index (χ4n) is 4.56. The molecule has 1 unspecified atom stereocenters. The van der Waals surface area contributed by atoms with Gasteiger partial charge in [0.25, 0.3) is 0 Å². The van der Waals surface area contributed by atoms with E-state index in [1.165, 1.54) is 23.4 Å². The van der Waals surface area contributed by atoms with Gasteiger partial charge in [-0.1, -0.05) is 16.4 Å². The number of halogens is 1. The van der Waals surface area contributed by atoms with Gasteiger partial charge in [-0.15, -0.1) is 5.10 Å². The third kappa shape index (κ3) is 6.63. The summed E-state index contributed by atoms with van der Waals surface area (Å²) in [6, 6.07) is 6.96. The van der Waals surface area contributed by atoms with Gasteiger partial charge in [-0.25, -0.2) is 13.9 Å². The number of anilines is 1. The number of carboxylic acids is 1. The first-order chi connectivity index (χ1) is 19.8. The van der Waals surface area contributed by atoms with Crippen LogP contribution in [0.2, 0.25) is 0 Å². The molecule has 214 valence electrons. The predicted octanol–water partition coefficient (Wildman–Crippen LogP) is 1.31. The molecule has 41 heavy (non-hydrogen) atoms. The van der Waals surface area contributed by atoms with E-state index in [-0.39, 0.29) is 25.9 Å². The summed E-state index contributed by atoms with van der Waals surface area (Å²) in [6.45, 7) is 0.789. The second kappa shape index (κ2) is 12.1. The number of carboxylic acid groups (broad SMARTS) is 1. The highest BCUT2D eigenvalue weighted by molar-refractivity contribution is 5.99. The number of nitrogens with two attached hydrogens (primary N) is 1. The number of carbonyl (C=O) groups is 3. The van der Waals surface area contributed by atoms with Gasteiger partial charge in [0, 0.05) is 42.9 Å². The molecule has 1 saturated heterocycles. The number of cyclic esters (lactones) is 1. The minimum atomic E-state index is -1.09. The SMILES string of the molecule is NC(=O)CC[C@H](NC[C@@H]1CC(c2ccc(-c3ccc(N4CC(Cn5ccnn5)OC4=O)cc3F)cn2)=NO1)C(=O)O. The van der Waals surface area contributed by atoms with E-state index in [2.05, 4.69) is 25.8 Å². The van der Waals surface area contributed by atoms with Crippen LogP contribution in [-0.4, -0.2) is 80.1 Å². The zero-order valence-corrected chi connectivity index (χ0v) is 21.7. The van der Waals surface area contributed by atoms with Crippen LogP contribution in [0, 0.1) is 5.82 Å². The molecular formula is C26H27FN8O6. The molecule has 0 spiro atoms. The number of ether oxygens (including phenoxy) is 1. The molecule has 2 amide bonds. The quantitative estimate of drug-likeness (QED) is 0.288. The van der Waals surface area contributed by atoms with Crippen molar-refractivity contribution in [1.29, 1.82) is 0 Å². The summed E-state index contributed by atoms with van der Waals surface area (Å²) in [6.07, 6.45) is 3.69. The van der Waals surface area contributed by atoms with Crippen LogP contribution in [0.3, 0.4) is 0 Å². The van der Waals surface area contributed by atoms with E-state index in [1.807, 2.05) is 0 Å². The van der Waals surface area contributed by atoms with Crippen LogP contribution in [0.15, 0.2) is 54.1 Å². The summed E-state index contributed by atoms with van der Waals surface area (Å²) < 4.78 is 22.1. The molecule has 2 aromatic heterocycles. The average molecular weight is 567 g/mol. The Kier molecular flexibility index (Phi) is 8.14. The van der Waals surface area contributed by atoms with Gasteiger partial charge in [0.15, 0.2) is 0 Å². The highest BCUT2D eigenvalue weighted by atomic mass is 19.1. The van der Waals surface area contributed by atoms with Crippen LogP contribution in [0.25, 0.3) is 11.1 Å². The van der Waals surface area contributed by atoms with E-state index in [1.54, 1.807) is 35.1 Å². The van der Waals surface area contributed by atoms with E-state index in [9.17, 15) is 19.5 Å². The van der Waals surface area contributed by atoms with Gasteiger partial charge in [-0.05, 0) is 30.7 Å². The van der Waals surface area contributed by atoms with Crippen LogP contribution < -0.4 is 16.0 Å². The predicted molar refractivity (Wildman–Crippen MR) is 141 cm³/mol. The van der Waals surface area contributed by atoms with E-state index in [0.29, 0.717) is 41.2 Å². The number of nitrogens with one attached hydrogen (secondary N) is 1.